The van der Waals surface area contributed by atoms with Crippen LogP contribution in [0.5, 0.6) is 0 Å². The van der Waals surface area contributed by atoms with E-state index in [9.17, 15) is 4.79 Å². The van der Waals surface area contributed by atoms with Crippen LogP contribution in [0.3, 0.4) is 0 Å². The van der Waals surface area contributed by atoms with Crippen LogP contribution >= 0.6 is 11.6 Å². The van der Waals surface area contributed by atoms with Gasteiger partial charge in [0.15, 0.2) is 5.78 Å². The number of Topliss-reactive ketones (excluding diaryl/α,β-unsaturated/α-hetero) is 1. The summed E-state index contributed by atoms with van der Waals surface area (Å²) in [5, 5.41) is 0.544. The number of hydrogen-bond acceptors (Lipinski definition) is 3. The van der Waals surface area contributed by atoms with Crippen LogP contribution in [0.15, 0.2) is 24.3 Å². The van der Waals surface area contributed by atoms with Gasteiger partial charge >= 0.3 is 0 Å². The predicted octanol–water partition coefficient (Wildman–Crippen LogP) is 2.80. The molecule has 4 heteroatoms. The Kier molecular flexibility index (Phi) is 7.06. The molecule has 0 radical (unpaired) electrons. The number of rotatable bonds is 8. The summed E-state index contributed by atoms with van der Waals surface area (Å²) in [6.07, 6.45) is 1.63. The molecule has 106 valence electrons. The Morgan fingerprint density at radius 3 is 2.42 bits per heavy atom. The maximum absolute atomic E-state index is 12.0. The normalized spacial score (nSPS) is 11.3. The molecule has 0 saturated carbocycles. The number of halogens is 1. The van der Waals surface area contributed by atoms with E-state index in [0.29, 0.717) is 17.0 Å². The lowest BCUT2D eigenvalue weighted by Gasteiger charge is -2.17. The standard InChI is InChI=1S/C15H23ClN2O/c1-17(2)10-6-11-18(3)12-9-15(19)13-7-4-5-8-14(13)16/h4-5,7-8H,6,9-12H2,1-3H3. The van der Waals surface area contributed by atoms with Gasteiger partial charge in [-0.25, -0.2) is 0 Å². The van der Waals surface area contributed by atoms with Gasteiger partial charge in [0, 0.05) is 18.5 Å². The first-order chi connectivity index (χ1) is 9.00. The van der Waals surface area contributed by atoms with Crippen LogP contribution < -0.4 is 0 Å². The summed E-state index contributed by atoms with van der Waals surface area (Å²) in [7, 11) is 6.19. The van der Waals surface area contributed by atoms with Gasteiger partial charge in [-0.3, -0.25) is 4.79 Å². The van der Waals surface area contributed by atoms with Crippen molar-refractivity contribution < 1.29 is 4.79 Å². The first kappa shape index (κ1) is 16.2. The van der Waals surface area contributed by atoms with Gasteiger partial charge in [-0.1, -0.05) is 23.7 Å². The van der Waals surface area contributed by atoms with E-state index in [2.05, 4.69) is 30.9 Å². The van der Waals surface area contributed by atoms with Crippen molar-refractivity contribution in [1.29, 1.82) is 0 Å². The molecule has 0 fully saturated rings. The molecule has 1 aromatic rings. The summed E-state index contributed by atoms with van der Waals surface area (Å²) in [5.41, 5.74) is 0.630. The van der Waals surface area contributed by atoms with Crippen molar-refractivity contribution >= 4 is 17.4 Å². The summed E-state index contributed by atoms with van der Waals surface area (Å²) in [6, 6.07) is 7.23. The number of carbonyl (C=O) groups excluding carboxylic acids is 1. The minimum Gasteiger partial charge on any atom is -0.309 e. The molecular formula is C15H23ClN2O. The Morgan fingerprint density at radius 2 is 1.79 bits per heavy atom. The van der Waals surface area contributed by atoms with E-state index in [0.717, 1.165) is 26.1 Å². The van der Waals surface area contributed by atoms with Gasteiger partial charge in [-0.05, 0) is 52.8 Å². The molecule has 3 nitrogen and oxygen atoms in total. The fourth-order valence-corrected chi connectivity index (χ4v) is 2.12. The third kappa shape index (κ3) is 6.19. The molecular weight excluding hydrogens is 260 g/mol. The highest BCUT2D eigenvalue weighted by atomic mass is 35.5. The van der Waals surface area contributed by atoms with Crippen LogP contribution in [0.1, 0.15) is 23.2 Å². The van der Waals surface area contributed by atoms with Gasteiger partial charge in [-0.15, -0.1) is 0 Å². The lowest BCUT2D eigenvalue weighted by Crippen LogP contribution is -2.26. The van der Waals surface area contributed by atoms with E-state index in [-0.39, 0.29) is 5.78 Å². The lowest BCUT2D eigenvalue weighted by molar-refractivity contribution is 0.0968. The van der Waals surface area contributed by atoms with E-state index in [1.807, 2.05) is 12.1 Å². The summed E-state index contributed by atoms with van der Waals surface area (Å²) in [5.74, 6) is 0.116. The van der Waals surface area contributed by atoms with Gasteiger partial charge in [0.2, 0.25) is 0 Å². The number of carbonyl (C=O) groups is 1. The fraction of sp³-hybridized carbons (Fsp3) is 0.533. The SMILES string of the molecule is CN(C)CCCN(C)CCC(=O)c1ccccc1Cl. The molecule has 0 aliphatic rings. The van der Waals surface area contributed by atoms with E-state index >= 15 is 0 Å². The third-order valence-electron chi connectivity index (χ3n) is 3.04. The predicted molar refractivity (Wildman–Crippen MR) is 81.1 cm³/mol. The molecule has 0 amide bonds. The van der Waals surface area contributed by atoms with Crippen LogP contribution in [0.4, 0.5) is 0 Å². The molecule has 0 saturated heterocycles. The Morgan fingerprint density at radius 1 is 1.11 bits per heavy atom. The van der Waals surface area contributed by atoms with Gasteiger partial charge < -0.3 is 9.80 Å². The first-order valence-corrected chi connectivity index (χ1v) is 6.99. The molecule has 0 unspecified atom stereocenters. The zero-order valence-corrected chi connectivity index (χ0v) is 12.8. The Labute approximate surface area is 121 Å². The maximum atomic E-state index is 12.0. The zero-order valence-electron chi connectivity index (χ0n) is 12.0. The smallest absolute Gasteiger partial charge is 0.165 e. The molecule has 1 aromatic carbocycles. The third-order valence-corrected chi connectivity index (χ3v) is 3.37. The summed E-state index contributed by atoms with van der Waals surface area (Å²) in [6.45, 7) is 2.86. The maximum Gasteiger partial charge on any atom is 0.165 e. The van der Waals surface area contributed by atoms with Crippen molar-refractivity contribution in [3.63, 3.8) is 0 Å². The Hall–Kier alpha value is -0.900. The molecule has 0 N–H and O–H groups in total. The van der Waals surface area contributed by atoms with Crippen molar-refractivity contribution in [3.8, 4) is 0 Å². The zero-order chi connectivity index (χ0) is 14.3. The van der Waals surface area contributed by atoms with E-state index in [4.69, 9.17) is 11.6 Å². The van der Waals surface area contributed by atoms with Crippen LogP contribution in [0.25, 0.3) is 0 Å². The molecule has 0 aliphatic carbocycles. The molecule has 0 aromatic heterocycles. The molecule has 0 heterocycles. The minimum absolute atomic E-state index is 0.116. The molecule has 0 atom stereocenters. The number of hydrogen-bond donors (Lipinski definition) is 0. The highest BCUT2D eigenvalue weighted by Gasteiger charge is 2.10. The Balaban J connectivity index is 2.32. The van der Waals surface area contributed by atoms with Crippen LogP contribution in [0.2, 0.25) is 5.02 Å². The summed E-state index contributed by atoms with van der Waals surface area (Å²) < 4.78 is 0. The van der Waals surface area contributed by atoms with Gasteiger partial charge in [0.1, 0.15) is 0 Å². The molecule has 0 spiro atoms. The van der Waals surface area contributed by atoms with Crippen molar-refractivity contribution in [3.05, 3.63) is 34.9 Å². The Bertz CT molecular complexity index is 407. The monoisotopic (exact) mass is 282 g/mol. The number of ketones is 1. The molecule has 0 bridgehead atoms. The second kappa shape index (κ2) is 8.31. The summed E-state index contributed by atoms with van der Waals surface area (Å²) in [4.78, 5) is 16.4. The van der Waals surface area contributed by atoms with Crippen molar-refractivity contribution in [2.24, 2.45) is 0 Å². The van der Waals surface area contributed by atoms with Crippen molar-refractivity contribution in [1.82, 2.24) is 9.80 Å². The van der Waals surface area contributed by atoms with E-state index in [1.165, 1.54) is 0 Å². The van der Waals surface area contributed by atoms with Crippen LogP contribution in [0, 0.1) is 0 Å². The van der Waals surface area contributed by atoms with Gasteiger partial charge in [0.05, 0.1) is 5.02 Å². The quantitative estimate of drug-likeness (QED) is 0.685. The average molecular weight is 283 g/mol. The second-order valence-electron chi connectivity index (χ2n) is 5.11. The fourth-order valence-electron chi connectivity index (χ4n) is 1.88. The topological polar surface area (TPSA) is 23.6 Å². The molecule has 1 rings (SSSR count). The minimum atomic E-state index is 0.116. The van der Waals surface area contributed by atoms with E-state index in [1.54, 1.807) is 12.1 Å². The first-order valence-electron chi connectivity index (χ1n) is 6.61. The number of benzene rings is 1. The van der Waals surface area contributed by atoms with Crippen molar-refractivity contribution in [2.75, 3.05) is 40.8 Å². The molecule has 0 aliphatic heterocycles. The molecule has 19 heavy (non-hydrogen) atoms. The average Bonchev–Trinajstić information content (AvgIpc) is 2.36. The van der Waals surface area contributed by atoms with Crippen LogP contribution in [-0.2, 0) is 0 Å². The highest BCUT2D eigenvalue weighted by Crippen LogP contribution is 2.16. The van der Waals surface area contributed by atoms with Gasteiger partial charge in [0.25, 0.3) is 0 Å². The number of nitrogens with zero attached hydrogens (tertiary/aromatic N) is 2. The highest BCUT2D eigenvalue weighted by molar-refractivity contribution is 6.33. The second-order valence-corrected chi connectivity index (χ2v) is 5.52. The van der Waals surface area contributed by atoms with Crippen molar-refractivity contribution in [2.45, 2.75) is 12.8 Å². The van der Waals surface area contributed by atoms with E-state index < -0.39 is 0 Å². The van der Waals surface area contributed by atoms with Gasteiger partial charge in [-0.2, -0.15) is 0 Å². The largest absolute Gasteiger partial charge is 0.309 e. The summed E-state index contributed by atoms with van der Waals surface area (Å²) >= 11 is 6.01. The lowest BCUT2D eigenvalue weighted by atomic mass is 10.1. The van der Waals surface area contributed by atoms with Crippen LogP contribution in [-0.4, -0.2) is 56.4 Å².